The maximum absolute atomic E-state index is 5.66. The van der Waals surface area contributed by atoms with Crippen molar-refractivity contribution in [2.75, 3.05) is 31.5 Å². The smallest absolute Gasteiger partial charge is 0.229 e. The summed E-state index contributed by atoms with van der Waals surface area (Å²) in [6.07, 6.45) is 0. The minimum atomic E-state index is 0.469. The van der Waals surface area contributed by atoms with Crippen LogP contribution in [0.4, 0.5) is 23.1 Å². The maximum atomic E-state index is 5.66. The molecule has 2 aromatic carbocycles. The molecular formula is C21H24N4O3. The molecule has 0 amide bonds. The van der Waals surface area contributed by atoms with Gasteiger partial charge in [-0.25, -0.2) is 4.98 Å². The Bertz CT molecular complexity index is 947. The van der Waals surface area contributed by atoms with Crippen LogP contribution in [-0.4, -0.2) is 30.8 Å². The maximum Gasteiger partial charge on any atom is 0.229 e. The molecule has 0 aliphatic rings. The van der Waals surface area contributed by atoms with Crippen LogP contribution in [-0.2, 0) is 0 Å². The van der Waals surface area contributed by atoms with Crippen LogP contribution in [0.25, 0.3) is 0 Å². The van der Waals surface area contributed by atoms with Gasteiger partial charge in [-0.15, -0.1) is 0 Å². The fourth-order valence-electron chi connectivity index (χ4n) is 2.71. The highest BCUT2D eigenvalue weighted by Gasteiger charge is 2.10. The van der Waals surface area contributed by atoms with Crippen LogP contribution in [0, 0.1) is 6.92 Å². The second-order valence-corrected chi connectivity index (χ2v) is 5.96. The normalized spacial score (nSPS) is 10.3. The Kier molecular flexibility index (Phi) is 6.16. The standard InChI is InChI=1S/C21H24N4O3/c1-5-28-19-9-7-6-8-16(19)24-21-22-14(2)12-20(25-21)23-17-13-15(26-3)10-11-18(17)27-4/h6-13H,5H2,1-4H3,(H2,22,23,24,25). The van der Waals surface area contributed by atoms with Crippen LogP contribution in [0.15, 0.2) is 48.5 Å². The van der Waals surface area contributed by atoms with Crippen molar-refractivity contribution in [3.05, 3.63) is 54.2 Å². The lowest BCUT2D eigenvalue weighted by atomic mass is 10.2. The van der Waals surface area contributed by atoms with Crippen molar-refractivity contribution in [3.63, 3.8) is 0 Å². The van der Waals surface area contributed by atoms with Crippen molar-refractivity contribution in [1.29, 1.82) is 0 Å². The molecule has 3 aromatic rings. The van der Waals surface area contributed by atoms with Crippen molar-refractivity contribution < 1.29 is 14.2 Å². The highest BCUT2D eigenvalue weighted by atomic mass is 16.5. The summed E-state index contributed by atoms with van der Waals surface area (Å²) in [5, 5.41) is 6.51. The van der Waals surface area contributed by atoms with Crippen molar-refractivity contribution >= 4 is 23.1 Å². The molecule has 0 atom stereocenters. The van der Waals surface area contributed by atoms with Crippen molar-refractivity contribution in [1.82, 2.24) is 9.97 Å². The van der Waals surface area contributed by atoms with E-state index in [1.165, 1.54) is 0 Å². The van der Waals surface area contributed by atoms with Crippen LogP contribution in [0.3, 0.4) is 0 Å². The number of nitrogens with zero attached hydrogens (tertiary/aromatic N) is 2. The van der Waals surface area contributed by atoms with Crippen molar-refractivity contribution in [3.8, 4) is 17.2 Å². The van der Waals surface area contributed by atoms with Crippen LogP contribution in [0.5, 0.6) is 17.2 Å². The van der Waals surface area contributed by atoms with Crippen LogP contribution < -0.4 is 24.8 Å². The van der Waals surface area contributed by atoms with Crippen molar-refractivity contribution in [2.24, 2.45) is 0 Å². The number of aryl methyl sites for hydroxylation is 1. The van der Waals surface area contributed by atoms with E-state index in [1.807, 2.05) is 62.4 Å². The van der Waals surface area contributed by atoms with Gasteiger partial charge in [-0.1, -0.05) is 12.1 Å². The van der Waals surface area contributed by atoms with Gasteiger partial charge in [0, 0.05) is 17.8 Å². The minimum Gasteiger partial charge on any atom is -0.497 e. The molecule has 7 nitrogen and oxygen atoms in total. The Morgan fingerprint density at radius 1 is 0.857 bits per heavy atom. The minimum absolute atomic E-state index is 0.469. The van der Waals surface area contributed by atoms with E-state index in [0.717, 1.165) is 28.6 Å². The SMILES string of the molecule is CCOc1ccccc1Nc1nc(C)cc(Nc2cc(OC)ccc2OC)n1. The first-order valence-electron chi connectivity index (χ1n) is 8.96. The van der Waals surface area contributed by atoms with Gasteiger partial charge >= 0.3 is 0 Å². The first-order chi connectivity index (χ1) is 13.6. The lowest BCUT2D eigenvalue weighted by Crippen LogP contribution is -2.04. The summed E-state index contributed by atoms with van der Waals surface area (Å²) in [4.78, 5) is 9.05. The first kappa shape index (κ1) is 19.3. The number of methoxy groups -OCH3 is 2. The monoisotopic (exact) mass is 380 g/mol. The van der Waals surface area contributed by atoms with Crippen LogP contribution in [0.1, 0.15) is 12.6 Å². The number of benzene rings is 2. The average molecular weight is 380 g/mol. The summed E-state index contributed by atoms with van der Waals surface area (Å²) in [5.74, 6) is 3.26. The van der Waals surface area contributed by atoms with Crippen molar-refractivity contribution in [2.45, 2.75) is 13.8 Å². The highest BCUT2D eigenvalue weighted by Crippen LogP contribution is 2.32. The fraction of sp³-hybridized carbons (Fsp3) is 0.238. The highest BCUT2D eigenvalue weighted by molar-refractivity contribution is 5.68. The Hall–Kier alpha value is -3.48. The summed E-state index contributed by atoms with van der Waals surface area (Å²) >= 11 is 0. The van der Waals surface area contributed by atoms with Gasteiger partial charge in [-0.05, 0) is 38.1 Å². The fourth-order valence-corrected chi connectivity index (χ4v) is 2.71. The van der Waals surface area contributed by atoms with E-state index in [-0.39, 0.29) is 0 Å². The Morgan fingerprint density at radius 3 is 2.43 bits per heavy atom. The topological polar surface area (TPSA) is 77.5 Å². The average Bonchev–Trinajstić information content (AvgIpc) is 2.69. The molecule has 146 valence electrons. The zero-order valence-corrected chi connectivity index (χ0v) is 16.4. The van der Waals surface area contributed by atoms with Gasteiger partial charge in [0.1, 0.15) is 23.1 Å². The van der Waals surface area contributed by atoms with Crippen LogP contribution in [0.2, 0.25) is 0 Å². The van der Waals surface area contributed by atoms with Gasteiger partial charge < -0.3 is 24.8 Å². The molecule has 2 N–H and O–H groups in total. The largest absolute Gasteiger partial charge is 0.497 e. The van der Waals surface area contributed by atoms with E-state index >= 15 is 0 Å². The van der Waals surface area contributed by atoms with E-state index in [4.69, 9.17) is 14.2 Å². The molecule has 3 rings (SSSR count). The number of hydrogen-bond donors (Lipinski definition) is 2. The molecule has 7 heteroatoms. The van der Waals surface area contributed by atoms with E-state index in [1.54, 1.807) is 14.2 Å². The molecule has 0 aliphatic carbocycles. The van der Waals surface area contributed by atoms with Gasteiger partial charge in [-0.3, -0.25) is 0 Å². The second kappa shape index (κ2) is 8.94. The number of anilines is 4. The van der Waals surface area contributed by atoms with Crippen LogP contribution >= 0.6 is 0 Å². The third-order valence-electron chi connectivity index (χ3n) is 3.96. The molecule has 1 heterocycles. The quantitative estimate of drug-likeness (QED) is 0.587. The number of hydrogen-bond acceptors (Lipinski definition) is 7. The molecule has 0 saturated carbocycles. The van der Waals surface area contributed by atoms with E-state index < -0.39 is 0 Å². The van der Waals surface area contributed by atoms with Gasteiger partial charge in [0.05, 0.1) is 32.2 Å². The van der Waals surface area contributed by atoms with E-state index in [2.05, 4.69) is 20.6 Å². The Labute approximate surface area is 164 Å². The third-order valence-corrected chi connectivity index (χ3v) is 3.96. The predicted molar refractivity (Wildman–Crippen MR) is 110 cm³/mol. The number of aromatic nitrogens is 2. The summed E-state index contributed by atoms with van der Waals surface area (Å²) in [7, 11) is 3.24. The molecule has 0 aliphatic heterocycles. The summed E-state index contributed by atoms with van der Waals surface area (Å²) in [6.45, 7) is 4.44. The third kappa shape index (κ3) is 4.62. The molecule has 0 spiro atoms. The number of ether oxygens (including phenoxy) is 3. The van der Waals surface area contributed by atoms with Gasteiger partial charge in [0.15, 0.2) is 0 Å². The lowest BCUT2D eigenvalue weighted by Gasteiger charge is -2.14. The zero-order chi connectivity index (χ0) is 19.9. The lowest BCUT2D eigenvalue weighted by molar-refractivity contribution is 0.342. The molecule has 28 heavy (non-hydrogen) atoms. The summed E-state index contributed by atoms with van der Waals surface area (Å²) < 4.78 is 16.4. The van der Waals surface area contributed by atoms with Gasteiger partial charge in [0.25, 0.3) is 0 Å². The van der Waals surface area contributed by atoms with Gasteiger partial charge in [-0.2, -0.15) is 4.98 Å². The second-order valence-electron chi connectivity index (χ2n) is 5.96. The Balaban J connectivity index is 1.89. The first-order valence-corrected chi connectivity index (χ1v) is 8.96. The molecule has 0 radical (unpaired) electrons. The number of para-hydroxylation sites is 2. The molecule has 0 saturated heterocycles. The number of nitrogens with one attached hydrogen (secondary N) is 2. The molecular weight excluding hydrogens is 356 g/mol. The zero-order valence-electron chi connectivity index (χ0n) is 16.4. The van der Waals surface area contributed by atoms with E-state index in [9.17, 15) is 0 Å². The van der Waals surface area contributed by atoms with E-state index in [0.29, 0.717) is 24.1 Å². The summed E-state index contributed by atoms with van der Waals surface area (Å²) in [6, 6.07) is 15.1. The van der Waals surface area contributed by atoms with Gasteiger partial charge in [0.2, 0.25) is 5.95 Å². The number of rotatable bonds is 8. The predicted octanol–water partition coefficient (Wildman–Crippen LogP) is 4.69. The molecule has 0 bridgehead atoms. The summed E-state index contributed by atoms with van der Waals surface area (Å²) in [5.41, 5.74) is 2.37. The molecule has 1 aromatic heterocycles. The Morgan fingerprint density at radius 2 is 1.68 bits per heavy atom. The molecule has 0 unspecified atom stereocenters. The molecule has 0 fully saturated rings.